The molecule has 0 aliphatic heterocycles. The topological polar surface area (TPSA) is 58.4 Å². The van der Waals surface area contributed by atoms with Crippen molar-refractivity contribution >= 4 is 17.7 Å². The van der Waals surface area contributed by atoms with E-state index < -0.39 is 213 Å². The molecule has 1 aliphatic rings. The van der Waals surface area contributed by atoms with Gasteiger partial charge in [-0.2, -0.15) is 18.2 Å². The summed E-state index contributed by atoms with van der Waals surface area (Å²) in [5.74, 6) is -7.85. The second-order valence-corrected chi connectivity index (χ2v) is 10.3. The van der Waals surface area contributed by atoms with Gasteiger partial charge in [-0.1, -0.05) is 80.9 Å². The lowest BCUT2D eigenvalue weighted by Crippen LogP contribution is -2.40. The first-order valence-electron chi connectivity index (χ1n) is 26.9. The van der Waals surface area contributed by atoms with E-state index >= 15 is 4.79 Å². The first kappa shape index (κ1) is 14.5. The molecule has 0 saturated heterocycles. The van der Waals surface area contributed by atoms with Crippen LogP contribution in [0.1, 0.15) is 85.7 Å². The van der Waals surface area contributed by atoms with Gasteiger partial charge in [0, 0.05) is 51.6 Å². The Morgan fingerprint density at radius 1 is 1.00 bits per heavy atom. The summed E-state index contributed by atoms with van der Waals surface area (Å²) < 4.78 is 290. The normalized spacial score (nSPS) is 27.6. The molecule has 0 radical (unpaired) electrons. The van der Waals surface area contributed by atoms with Gasteiger partial charge in [-0.25, -0.2) is 4.39 Å². The number of amides is 1. The van der Waals surface area contributed by atoms with Crippen LogP contribution in [0.25, 0.3) is 11.1 Å². The number of likely N-dealkylation sites (N-methyl/N-ethyl adjacent to an activating group) is 1. The zero-order valence-electron chi connectivity index (χ0n) is 51.9. The molecule has 11 heteroatoms. The molecule has 48 heavy (non-hydrogen) atoms. The van der Waals surface area contributed by atoms with Crippen LogP contribution in [0.5, 0.6) is 0 Å². The van der Waals surface area contributed by atoms with Gasteiger partial charge in [0.15, 0.2) is 5.16 Å². The maximum Gasteiger partial charge on any atom is 0.416 e. The van der Waals surface area contributed by atoms with Gasteiger partial charge in [-0.15, -0.1) is 0 Å². The van der Waals surface area contributed by atoms with Crippen LogP contribution in [0.2, 0.25) is 0 Å². The second-order valence-electron chi connectivity index (χ2n) is 9.31. The molecule has 1 atom stereocenters. The lowest BCUT2D eigenvalue weighted by Gasteiger charge is -2.28. The number of fused-ring (bicyclic) bond motifs is 1. The van der Waals surface area contributed by atoms with Crippen molar-refractivity contribution in [2.75, 3.05) is 26.0 Å². The van der Waals surface area contributed by atoms with E-state index in [0.29, 0.717) is 20.8 Å². The van der Waals surface area contributed by atoms with Crippen LogP contribution < -0.4 is 5.56 Å². The summed E-state index contributed by atoms with van der Waals surface area (Å²) in [7, 11) is 0. The number of alkyl halides is 3. The third-order valence-corrected chi connectivity index (χ3v) is 7.03. The van der Waals surface area contributed by atoms with Crippen LogP contribution in [-0.2, 0) is 42.5 Å². The molecule has 0 N–H and O–H groups in total. The van der Waals surface area contributed by atoms with Crippen molar-refractivity contribution in [3.05, 3.63) is 117 Å². The maximum atomic E-state index is 15.3. The van der Waals surface area contributed by atoms with E-state index in [0.717, 1.165) is 0 Å². The molecule has 254 valence electrons. The van der Waals surface area contributed by atoms with Crippen LogP contribution in [0, 0.1) is 11.7 Å². The summed E-state index contributed by atoms with van der Waals surface area (Å²) >= 11 is 0.133. The Labute approximate surface area is 320 Å². The number of nitrogens with zero attached hydrogens (tertiary/aromatic N) is 4. The van der Waals surface area contributed by atoms with Gasteiger partial charge in [0.2, 0.25) is 5.91 Å². The van der Waals surface area contributed by atoms with Gasteiger partial charge >= 0.3 is 6.18 Å². The minimum Gasteiger partial charge on any atom is -0.336 e. The minimum absolute atomic E-state index is 0.133. The zero-order valence-corrected chi connectivity index (χ0v) is 25.8. The van der Waals surface area contributed by atoms with Crippen LogP contribution in [0.3, 0.4) is 0 Å². The highest BCUT2D eigenvalue weighted by atomic mass is 32.2. The van der Waals surface area contributed by atoms with E-state index in [9.17, 15) is 27.8 Å². The van der Waals surface area contributed by atoms with Gasteiger partial charge in [-0.05, 0) is 78.1 Å². The number of carbonyl (C=O) groups is 1. The third kappa shape index (κ3) is 8.73. The van der Waals surface area contributed by atoms with Crippen LogP contribution in [-0.4, -0.2) is 51.2 Å². The zero-order chi connectivity index (χ0) is 58.3. The molecule has 5 rings (SSSR count). The lowest BCUT2D eigenvalue weighted by atomic mass is 10.0. The van der Waals surface area contributed by atoms with Crippen molar-refractivity contribution < 1.29 is 59.4 Å². The van der Waals surface area contributed by atoms with Gasteiger partial charge < -0.3 is 14.4 Å². The van der Waals surface area contributed by atoms with E-state index in [1.807, 2.05) is 0 Å². The highest BCUT2D eigenvalue weighted by molar-refractivity contribution is 7.98. The molecule has 0 spiro atoms. The first-order valence-corrected chi connectivity index (χ1v) is 14.4. The number of aromatic nitrogens is 2. The lowest BCUT2D eigenvalue weighted by molar-refractivity contribution is -0.137. The van der Waals surface area contributed by atoms with Crippen molar-refractivity contribution in [1.82, 2.24) is 19.4 Å². The fourth-order valence-corrected chi connectivity index (χ4v) is 4.71. The van der Waals surface area contributed by atoms with Crippen molar-refractivity contribution in [3.63, 3.8) is 0 Å². The Balaban J connectivity index is 1.92. The number of carbonyl (C=O) groups excluding carboxylic acids is 1. The molecule has 4 aromatic rings. The standard InChI is InChI=1S/C37H40F4N4O2S/c1-4-43(5-2)18-19-44(22-26-6-10-28(11-7-26)29-12-14-30(15-13-29)37(39,40)41)34(46)23-45-33-21-25(3)20-32(33)35(47)42-36(45)48-24-27-8-16-31(38)17-9-27/h6-17,25H,4-5,18-24H2,1-3H3/i4D2,5D2,6D,7D,8D,9D,10D,11D,12D,13D,14D,15D,16D,17D,18D2,19D2,20D2,21D2,22D2,25D. The molecule has 6 nitrogen and oxygen atoms in total. The monoisotopic (exact) mass is 707 g/mol. The number of rotatable bonds is 13. The summed E-state index contributed by atoms with van der Waals surface area (Å²) in [5, 5.41) is -1.00. The smallest absolute Gasteiger partial charge is 0.336 e. The predicted molar refractivity (Wildman–Crippen MR) is 181 cm³/mol. The number of hydrogen-bond donors (Lipinski definition) is 0. The third-order valence-electron chi connectivity index (χ3n) is 6.03. The summed E-state index contributed by atoms with van der Waals surface area (Å²) in [6.07, 6.45) is -12.4. The average Bonchev–Trinajstić information content (AvgIpc) is 3.34. The van der Waals surface area contributed by atoms with E-state index in [2.05, 4.69) is 4.98 Å². The molecule has 0 saturated carbocycles. The second kappa shape index (κ2) is 15.5. The molecule has 3 aromatic carbocycles. The maximum absolute atomic E-state index is 15.3. The number of thioether (sulfide) groups is 1. The molecule has 1 amide bonds. The van der Waals surface area contributed by atoms with E-state index in [4.69, 9.17) is 31.5 Å². The number of hydrogen-bond acceptors (Lipinski definition) is 5. The Bertz CT molecular complexity index is 3020. The quantitative estimate of drug-likeness (QED) is 0.0821. The van der Waals surface area contributed by atoms with Gasteiger partial charge in [-0.3, -0.25) is 9.59 Å². The summed E-state index contributed by atoms with van der Waals surface area (Å²) in [5.41, 5.74) is -11.3. The SMILES string of the molecule is [2H]c1c([2H])c(CSc2nc(=O)c3c(n2CC(=O)N(C([2H])([2H])c2c([2H])c([2H])c(-c4c([2H])c([2H])c(C(F)(F)F)c([2H])c4[2H])c([2H])c2[2H])C([2H])([2H])C([2H])([2H])N(C([2H])([2H])C)C([2H])([2H])C)C([2H])([2H])C([2H])(C)C3([2H])[2H])c([2H])c([2H])c1F. The Hall–Kier alpha value is -3.96. The summed E-state index contributed by atoms with van der Waals surface area (Å²) in [6, 6.07) is -17.8. The number of benzene rings is 3. The summed E-state index contributed by atoms with van der Waals surface area (Å²) in [6.45, 7) is -20.4. The van der Waals surface area contributed by atoms with Crippen LogP contribution in [0.15, 0.2) is 82.5 Å². The molecule has 1 unspecified atom stereocenters. The van der Waals surface area contributed by atoms with E-state index in [1.54, 1.807) is 0 Å². The highest BCUT2D eigenvalue weighted by Gasteiger charge is 2.30. The minimum atomic E-state index is -5.52. The average molecular weight is 708 g/mol. The largest absolute Gasteiger partial charge is 0.416 e. The Morgan fingerprint density at radius 3 is 2.21 bits per heavy atom. The van der Waals surface area contributed by atoms with Crippen LogP contribution >= 0.6 is 11.8 Å². The fourth-order valence-electron chi connectivity index (χ4n) is 3.83. The van der Waals surface area contributed by atoms with Crippen molar-refractivity contribution in [3.8, 4) is 11.1 Å². The molecule has 1 aromatic heterocycles. The Morgan fingerprint density at radius 2 is 1.60 bits per heavy atom. The van der Waals surface area contributed by atoms with Gasteiger partial charge in [0.1, 0.15) is 12.4 Å². The number of halogens is 4. The Kier molecular flexibility index (Phi) is 4.68. The molecular formula is C37H40F4N4O2S. The van der Waals surface area contributed by atoms with Crippen molar-refractivity contribution in [2.45, 2.75) is 63.6 Å². The molecule has 1 aliphatic carbocycles. The van der Waals surface area contributed by atoms with Crippen LogP contribution in [0.4, 0.5) is 17.6 Å². The van der Waals surface area contributed by atoms with E-state index in [-0.39, 0.29) is 16.3 Å². The van der Waals surface area contributed by atoms with E-state index in [1.165, 1.54) is 0 Å². The van der Waals surface area contributed by atoms with Gasteiger partial charge in [0.25, 0.3) is 5.56 Å². The molecule has 0 bridgehead atoms. The van der Waals surface area contributed by atoms with Gasteiger partial charge in [0.05, 0.1) is 27.5 Å². The van der Waals surface area contributed by atoms with Crippen molar-refractivity contribution in [2.24, 2.45) is 5.89 Å². The highest BCUT2D eigenvalue weighted by Crippen LogP contribution is 2.32. The molecule has 0 fully saturated rings. The first-order chi connectivity index (χ1) is 33.5. The summed E-state index contributed by atoms with van der Waals surface area (Å²) in [4.78, 5) is 31.5. The fraction of sp³-hybridized carbons (Fsp3) is 0.378. The predicted octanol–water partition coefficient (Wildman–Crippen LogP) is 7.47. The molecular weight excluding hydrogens is 640 g/mol. The molecule has 1 heterocycles. The van der Waals surface area contributed by atoms with Crippen molar-refractivity contribution in [1.29, 1.82) is 0 Å².